The van der Waals surface area contributed by atoms with Gasteiger partial charge in [-0.25, -0.2) is 4.68 Å². The predicted molar refractivity (Wildman–Crippen MR) is 105 cm³/mol. The van der Waals surface area contributed by atoms with Gasteiger partial charge in [-0.15, -0.1) is 0 Å². The number of carbonyl (C=O) groups excluding carboxylic acids is 1. The number of hydrogen-bond donors (Lipinski definition) is 0. The van der Waals surface area contributed by atoms with E-state index in [1.54, 1.807) is 0 Å². The van der Waals surface area contributed by atoms with Gasteiger partial charge in [0.2, 0.25) is 0 Å². The minimum Gasteiger partial charge on any atom is -0.376 e. The maximum Gasteiger partial charge on any atom is 0.254 e. The van der Waals surface area contributed by atoms with Crippen LogP contribution in [0.15, 0.2) is 30.3 Å². The van der Waals surface area contributed by atoms with E-state index in [4.69, 9.17) is 4.74 Å². The summed E-state index contributed by atoms with van der Waals surface area (Å²) < 4.78 is 7.71. The van der Waals surface area contributed by atoms with Crippen molar-refractivity contribution < 1.29 is 9.53 Å². The Morgan fingerprint density at radius 2 is 2.04 bits per heavy atom. The van der Waals surface area contributed by atoms with Crippen molar-refractivity contribution in [3.63, 3.8) is 0 Å². The molecule has 1 aromatic carbocycles. The Balaban J connectivity index is 1.56. The molecule has 2 aromatic rings. The topological polar surface area (TPSA) is 47.4 Å². The Bertz CT molecular complexity index is 804. The number of aromatic nitrogens is 2. The molecule has 144 valence electrons. The van der Waals surface area contributed by atoms with Gasteiger partial charge >= 0.3 is 0 Å². The van der Waals surface area contributed by atoms with Crippen molar-refractivity contribution in [1.82, 2.24) is 14.7 Å². The molecule has 0 unspecified atom stereocenters. The summed E-state index contributed by atoms with van der Waals surface area (Å²) in [5, 5.41) is 4.55. The highest BCUT2D eigenvalue weighted by molar-refractivity contribution is 5.94. The zero-order valence-electron chi connectivity index (χ0n) is 16.4. The molecular formula is C22H29N3O2. The monoisotopic (exact) mass is 367 g/mol. The third-order valence-corrected chi connectivity index (χ3v) is 5.79. The van der Waals surface area contributed by atoms with Gasteiger partial charge in [0.1, 0.15) is 0 Å². The standard InChI is InChI=1S/C22H29N3O2/c1-16-12-17(2)25(23-16)20-9-4-8-19(13-20)22(26)24(14-18-6-3-7-18)15-21-10-5-11-27-21/h4,8-9,12-13,18,21H,3,5-7,10-11,14-15H2,1-2H3/t21-/m1/s1. The minimum absolute atomic E-state index is 0.112. The van der Waals surface area contributed by atoms with E-state index in [1.165, 1.54) is 19.3 Å². The fourth-order valence-electron chi connectivity index (χ4n) is 4.11. The molecule has 2 fully saturated rings. The molecule has 0 spiro atoms. The number of ether oxygens (including phenoxy) is 1. The van der Waals surface area contributed by atoms with Crippen molar-refractivity contribution >= 4 is 5.91 Å². The first kappa shape index (κ1) is 18.2. The lowest BCUT2D eigenvalue weighted by molar-refractivity contribution is 0.0448. The van der Waals surface area contributed by atoms with Crippen LogP contribution in [0.5, 0.6) is 0 Å². The van der Waals surface area contributed by atoms with Crippen molar-refractivity contribution in [3.05, 3.63) is 47.3 Å². The highest BCUT2D eigenvalue weighted by Crippen LogP contribution is 2.28. The van der Waals surface area contributed by atoms with Gasteiger partial charge in [-0.1, -0.05) is 12.5 Å². The van der Waals surface area contributed by atoms with Crippen LogP contribution >= 0.6 is 0 Å². The number of benzene rings is 1. The number of nitrogens with zero attached hydrogens (tertiary/aromatic N) is 3. The Hall–Kier alpha value is -2.14. The third-order valence-electron chi connectivity index (χ3n) is 5.79. The predicted octanol–water partition coefficient (Wildman–Crippen LogP) is 3.91. The van der Waals surface area contributed by atoms with Crippen LogP contribution < -0.4 is 0 Å². The zero-order valence-corrected chi connectivity index (χ0v) is 16.4. The Morgan fingerprint density at radius 3 is 2.67 bits per heavy atom. The SMILES string of the molecule is Cc1cc(C)n(-c2cccc(C(=O)N(CC3CCC3)C[C@H]3CCCO3)c2)n1. The molecule has 1 aliphatic carbocycles. The van der Waals surface area contributed by atoms with E-state index in [1.807, 2.05) is 47.7 Å². The van der Waals surface area contributed by atoms with Gasteiger partial charge in [-0.05, 0) is 69.7 Å². The maximum absolute atomic E-state index is 13.3. The summed E-state index contributed by atoms with van der Waals surface area (Å²) in [6, 6.07) is 9.89. The second-order valence-corrected chi connectivity index (χ2v) is 8.03. The molecule has 1 aliphatic heterocycles. The molecule has 4 rings (SSSR count). The summed E-state index contributed by atoms with van der Waals surface area (Å²) >= 11 is 0. The van der Waals surface area contributed by atoms with E-state index in [2.05, 4.69) is 11.2 Å². The van der Waals surface area contributed by atoms with Gasteiger partial charge in [0.25, 0.3) is 5.91 Å². The fraction of sp³-hybridized carbons (Fsp3) is 0.545. The lowest BCUT2D eigenvalue weighted by Crippen LogP contribution is -2.41. The molecule has 5 nitrogen and oxygen atoms in total. The lowest BCUT2D eigenvalue weighted by Gasteiger charge is -2.33. The molecule has 2 heterocycles. The number of aryl methyl sites for hydroxylation is 2. The van der Waals surface area contributed by atoms with Crippen molar-refractivity contribution in [3.8, 4) is 5.69 Å². The average molecular weight is 367 g/mol. The largest absolute Gasteiger partial charge is 0.376 e. The van der Waals surface area contributed by atoms with Gasteiger partial charge in [0.15, 0.2) is 0 Å². The number of rotatable bonds is 6. The molecule has 1 atom stereocenters. The van der Waals surface area contributed by atoms with E-state index in [-0.39, 0.29) is 12.0 Å². The molecule has 0 radical (unpaired) electrons. The van der Waals surface area contributed by atoms with Crippen LogP contribution in [-0.4, -0.2) is 46.4 Å². The molecule has 1 saturated carbocycles. The fourth-order valence-corrected chi connectivity index (χ4v) is 4.11. The molecular weight excluding hydrogens is 338 g/mol. The Morgan fingerprint density at radius 1 is 1.19 bits per heavy atom. The molecule has 1 aromatic heterocycles. The second-order valence-electron chi connectivity index (χ2n) is 8.03. The molecule has 1 saturated heterocycles. The van der Waals surface area contributed by atoms with Gasteiger partial charge < -0.3 is 9.64 Å². The van der Waals surface area contributed by atoms with E-state index < -0.39 is 0 Å². The van der Waals surface area contributed by atoms with Crippen molar-refractivity contribution in [1.29, 1.82) is 0 Å². The Kier molecular flexibility index (Phi) is 5.30. The van der Waals surface area contributed by atoms with Gasteiger partial charge in [0, 0.05) is 31.0 Å². The summed E-state index contributed by atoms with van der Waals surface area (Å²) in [7, 11) is 0. The zero-order chi connectivity index (χ0) is 18.8. The van der Waals surface area contributed by atoms with E-state index in [0.29, 0.717) is 12.5 Å². The molecule has 27 heavy (non-hydrogen) atoms. The first-order valence-electron chi connectivity index (χ1n) is 10.1. The highest BCUT2D eigenvalue weighted by atomic mass is 16.5. The van der Waals surface area contributed by atoms with Crippen molar-refractivity contribution in [2.75, 3.05) is 19.7 Å². The maximum atomic E-state index is 13.3. The van der Waals surface area contributed by atoms with Crippen LogP contribution in [-0.2, 0) is 4.74 Å². The van der Waals surface area contributed by atoms with Crippen molar-refractivity contribution in [2.45, 2.75) is 52.1 Å². The van der Waals surface area contributed by atoms with Gasteiger partial charge in [-0.2, -0.15) is 5.10 Å². The molecule has 5 heteroatoms. The van der Waals surface area contributed by atoms with Gasteiger partial charge in [0.05, 0.1) is 17.5 Å². The summed E-state index contributed by atoms with van der Waals surface area (Å²) in [6.45, 7) is 6.40. The first-order valence-corrected chi connectivity index (χ1v) is 10.1. The summed E-state index contributed by atoms with van der Waals surface area (Å²) in [4.78, 5) is 15.4. The van der Waals surface area contributed by atoms with Crippen LogP contribution in [0.2, 0.25) is 0 Å². The lowest BCUT2D eigenvalue weighted by atomic mass is 9.85. The second kappa shape index (κ2) is 7.85. The molecule has 1 amide bonds. The smallest absolute Gasteiger partial charge is 0.254 e. The van der Waals surface area contributed by atoms with Gasteiger partial charge in [-0.3, -0.25) is 4.79 Å². The Labute approximate surface area is 161 Å². The van der Waals surface area contributed by atoms with Crippen LogP contribution in [0.1, 0.15) is 53.8 Å². The first-order chi connectivity index (χ1) is 13.1. The number of carbonyl (C=O) groups is 1. The van der Waals surface area contributed by atoms with E-state index in [9.17, 15) is 4.79 Å². The van der Waals surface area contributed by atoms with Crippen molar-refractivity contribution in [2.24, 2.45) is 5.92 Å². The normalized spacial score (nSPS) is 19.9. The summed E-state index contributed by atoms with van der Waals surface area (Å²) in [6.07, 6.45) is 6.11. The summed E-state index contributed by atoms with van der Waals surface area (Å²) in [5.41, 5.74) is 3.72. The van der Waals surface area contributed by atoms with Crippen LogP contribution in [0.25, 0.3) is 5.69 Å². The summed E-state index contributed by atoms with van der Waals surface area (Å²) in [5.74, 6) is 0.760. The van der Waals surface area contributed by atoms with E-state index in [0.717, 1.165) is 48.6 Å². The average Bonchev–Trinajstić information content (AvgIpc) is 3.25. The number of hydrogen-bond acceptors (Lipinski definition) is 3. The van der Waals surface area contributed by atoms with Crippen LogP contribution in [0, 0.1) is 19.8 Å². The third kappa shape index (κ3) is 4.08. The molecule has 0 N–H and O–H groups in total. The highest BCUT2D eigenvalue weighted by Gasteiger charge is 2.28. The minimum atomic E-state index is 0.112. The van der Waals surface area contributed by atoms with Crippen LogP contribution in [0.3, 0.4) is 0 Å². The van der Waals surface area contributed by atoms with E-state index >= 15 is 0 Å². The molecule has 0 bridgehead atoms. The number of amides is 1. The molecule has 2 aliphatic rings. The van der Waals surface area contributed by atoms with Crippen LogP contribution in [0.4, 0.5) is 0 Å². The quantitative estimate of drug-likeness (QED) is 0.778.